The number of nitrogens with two attached hydrogens (primary N) is 5. The Morgan fingerprint density at radius 2 is 0.692 bits per heavy atom. The molecule has 146 heavy (non-hydrogen) atoms. The molecule has 0 radical (unpaired) electrons. The molecule has 0 aliphatic carbocycles. The van der Waals surface area contributed by atoms with Crippen molar-refractivity contribution in [1.29, 1.82) is 0 Å². The van der Waals surface area contributed by atoms with E-state index >= 15 is 0 Å². The molecule has 5 aliphatic heterocycles. The first-order chi connectivity index (χ1) is 69.5. The minimum Gasteiger partial charge on any atom is -0.390 e. The lowest BCUT2D eigenvalue weighted by molar-refractivity contribution is -0.155. The van der Waals surface area contributed by atoms with E-state index in [-0.39, 0.29) is 106 Å². The summed E-state index contributed by atoms with van der Waals surface area (Å²) in [6, 6.07) is 7.11. The monoisotopic (exact) mass is 2130 g/mol. The lowest BCUT2D eigenvalue weighted by atomic mass is 9.83. The van der Waals surface area contributed by atoms with E-state index in [0.717, 1.165) is 43.0 Å². The number of nitrogens with zero attached hydrogens (tertiary/aromatic N) is 26. The zero-order valence-corrected chi connectivity index (χ0v) is 82.3. The van der Waals surface area contributed by atoms with Gasteiger partial charge in [-0.3, -0.25) is 58.0 Å². The molecule has 57 heteroatoms. The minimum absolute atomic E-state index is 0.0153. The van der Waals surface area contributed by atoms with Crippen LogP contribution in [0.4, 0.5) is 112 Å². The van der Waals surface area contributed by atoms with Gasteiger partial charge in [0.15, 0.2) is 57.3 Å². The van der Waals surface area contributed by atoms with Crippen molar-refractivity contribution in [2.45, 2.75) is 76.1 Å². The highest BCUT2D eigenvalue weighted by Gasteiger charge is 2.43. The smallest absolute Gasteiger partial charge is 0.390 e. The molecule has 0 aromatic carbocycles. The zero-order chi connectivity index (χ0) is 104. The van der Waals surface area contributed by atoms with Gasteiger partial charge in [-0.15, -0.1) is 25.5 Å². The lowest BCUT2D eigenvalue weighted by Crippen LogP contribution is -2.57. The predicted octanol–water partition coefficient (Wildman–Crippen LogP) is 9.99. The summed E-state index contributed by atoms with van der Waals surface area (Å²) in [5, 5.41) is 59.1. The standard InChI is InChI=1S/C20H24ClN7O2.C18H18ClF3N8O.C18H20ClN7O2.C17H16ClF3N8O.C16H16ClN7O2S/c1-20(2,30)12-4-7-27(8-5-12)15-3-6-23-10-14(15)25-19(29)16-17(22)26-28-11-13(21)9-24-18(16)28;19-11-7-25-16-14(15(23)27-30(16)9-11)17(31)26-12-8-24-2-1-13(12)29-5-3-28(4-6-29)10-18(20,21)22;1-18(28)3-6-25(7-4-18)13-2-5-21-9-12(13)23-17(27)14-15(20)24-26-10-11(19)8-22-16(14)26;18-9-5-25-15-13(14(22)27-29(15)7-9)16(30)26-10-6-23-2-1-11(10)28-4-3-24-12(8-28)17(19,20)21;17-10-7-20-15-13(14(18)22-24(15)9-10)16(25)21-11-8-19-2-1-12(11)23-3-5-27(26)6-4-23/h3,6,9-12,30H,4-5,7-8H2,1-2H3,(H2,22,26)(H,25,29);1-2,7-9H,3-6,10H2,(H2,23,27)(H,26,31);2,5,8-10,28H,3-4,6-7H2,1H3,(H2,20,24)(H,23,27);1-2,5-7,12,24H,3-4,8H2,(H2,22,27)(H,26,30);1-2,7-9H,3-6H2,(H2,18,22)(H,21,25). The number of fused-ring (bicyclic) bond motifs is 5. The summed E-state index contributed by atoms with van der Waals surface area (Å²) in [6.45, 7) is 10.3. The van der Waals surface area contributed by atoms with Gasteiger partial charge in [0.25, 0.3) is 29.5 Å². The second-order valence-electron chi connectivity index (χ2n) is 34.8. The van der Waals surface area contributed by atoms with E-state index in [1.165, 1.54) is 102 Å². The predicted molar refractivity (Wildman–Crippen MR) is 541 cm³/mol. The Kier molecular flexibility index (Phi) is 31.4. The van der Waals surface area contributed by atoms with Gasteiger partial charge >= 0.3 is 12.4 Å². The fourth-order valence-corrected chi connectivity index (χ4v) is 18.7. The molecular formula is C89H94Cl5F6N37O8S. The summed E-state index contributed by atoms with van der Waals surface area (Å²) >= 11 is 29.5. The highest BCUT2D eigenvalue weighted by atomic mass is 35.5. The Morgan fingerprint density at radius 1 is 0.418 bits per heavy atom. The number of rotatable bonds is 17. The SMILES string of the molecule is CC(C)(O)C1CCN(c2ccncc2NC(=O)c2c(N)nn3cc(Cl)cnc23)CC1.CC1(O)CCN(c2ccncc2NC(=O)c2c(N)nn3cc(Cl)cnc23)CC1.Nc1nn2cc(Cl)cnc2c1C(=O)Nc1cnccc1N1CCN(CC(F)(F)F)CC1.Nc1nn2cc(Cl)cnc2c1C(=O)Nc1cnccc1N1CCNC(C(F)(F)F)C1.Nc1nn2cc(Cl)cnc2c1C(=O)Nc1cnccc1N1CCS(=O)CC1. The van der Waals surface area contributed by atoms with Crippen LogP contribution in [-0.4, -0.2) is 279 Å². The second kappa shape index (κ2) is 44.0. The van der Waals surface area contributed by atoms with Crippen LogP contribution in [0.2, 0.25) is 25.1 Å². The van der Waals surface area contributed by atoms with Gasteiger partial charge in [0.2, 0.25) is 0 Å². The molecule has 15 aromatic heterocycles. The van der Waals surface area contributed by atoms with Crippen LogP contribution in [0.25, 0.3) is 28.2 Å². The number of carbonyl (C=O) groups excluding carboxylic acids is 5. The number of anilines is 15. The van der Waals surface area contributed by atoms with Crippen LogP contribution in [0.5, 0.6) is 0 Å². The van der Waals surface area contributed by atoms with Gasteiger partial charge in [-0.1, -0.05) is 58.0 Å². The number of hydrogen-bond acceptors (Lipinski definition) is 35. The number of piperidine rings is 2. The number of nitrogens with one attached hydrogen (secondary N) is 6. The van der Waals surface area contributed by atoms with Crippen molar-refractivity contribution in [2.24, 2.45) is 5.92 Å². The average Bonchev–Trinajstić information content (AvgIpc) is 1.65. The van der Waals surface area contributed by atoms with Crippen molar-refractivity contribution < 1.29 is 64.7 Å². The van der Waals surface area contributed by atoms with E-state index in [9.17, 15) is 64.7 Å². The number of piperazine rings is 2. The highest BCUT2D eigenvalue weighted by Crippen LogP contribution is 2.39. The highest BCUT2D eigenvalue weighted by molar-refractivity contribution is 7.85. The van der Waals surface area contributed by atoms with Crippen molar-refractivity contribution in [2.75, 3.05) is 183 Å². The van der Waals surface area contributed by atoms with Crippen LogP contribution in [-0.2, 0) is 10.8 Å². The molecule has 766 valence electrons. The number of halogens is 11. The maximum Gasteiger partial charge on any atom is 0.405 e. The first-order valence-electron chi connectivity index (χ1n) is 44.9. The van der Waals surface area contributed by atoms with Gasteiger partial charge in [-0.05, 0) is 82.7 Å². The summed E-state index contributed by atoms with van der Waals surface area (Å²) in [5.74, 6) is -0.892. The zero-order valence-electron chi connectivity index (χ0n) is 77.7. The summed E-state index contributed by atoms with van der Waals surface area (Å²) in [4.78, 5) is 117. The fraction of sp³-hybridized carbons (Fsp3) is 0.326. The molecule has 20 heterocycles. The third-order valence-electron chi connectivity index (χ3n) is 24.3. The topological polar surface area (TPSA) is 580 Å². The first-order valence-corrected chi connectivity index (χ1v) is 48.3. The average molecular weight is 2130 g/mol. The molecule has 5 aliphatic rings. The quantitative estimate of drug-likeness (QED) is 0.0377. The van der Waals surface area contributed by atoms with Crippen molar-refractivity contribution in [3.63, 3.8) is 0 Å². The number of amides is 5. The molecule has 18 N–H and O–H groups in total. The second-order valence-corrected chi connectivity index (χ2v) is 38.7. The van der Waals surface area contributed by atoms with E-state index in [0.29, 0.717) is 146 Å². The first kappa shape index (κ1) is 104. The van der Waals surface area contributed by atoms with E-state index < -0.39 is 76.5 Å². The normalized spacial score (nSPS) is 16.0. The van der Waals surface area contributed by atoms with E-state index in [1.807, 2.05) is 43.9 Å². The van der Waals surface area contributed by atoms with Gasteiger partial charge in [0.1, 0.15) is 33.9 Å². The Bertz CT molecular complexity index is 7380. The van der Waals surface area contributed by atoms with Crippen LogP contribution in [0, 0.1) is 5.92 Å². The fourth-order valence-electron chi connectivity index (χ4n) is 17.0. The minimum atomic E-state index is -4.38. The van der Waals surface area contributed by atoms with Crippen LogP contribution >= 0.6 is 58.0 Å². The number of aromatic nitrogens is 20. The van der Waals surface area contributed by atoms with Crippen molar-refractivity contribution >= 4 is 213 Å². The Balaban J connectivity index is 0.000000131. The maximum atomic E-state index is 13.1. The molecule has 0 spiro atoms. The maximum absolute atomic E-state index is 13.1. The van der Waals surface area contributed by atoms with E-state index in [1.54, 1.807) is 66.6 Å². The molecule has 0 bridgehead atoms. The molecule has 20 rings (SSSR count). The summed E-state index contributed by atoms with van der Waals surface area (Å²) < 4.78 is 95.6. The summed E-state index contributed by atoms with van der Waals surface area (Å²) in [5.41, 5.74) is 36.2. The lowest BCUT2D eigenvalue weighted by Gasteiger charge is -2.39. The van der Waals surface area contributed by atoms with Crippen molar-refractivity contribution in [3.05, 3.63) is 207 Å². The van der Waals surface area contributed by atoms with Crippen LogP contribution in [0.3, 0.4) is 0 Å². The molecule has 0 saturated carbocycles. The molecule has 15 aromatic rings. The van der Waals surface area contributed by atoms with Crippen LogP contribution in [0.15, 0.2) is 154 Å². The Hall–Kier alpha value is -14.8. The van der Waals surface area contributed by atoms with Gasteiger partial charge < -0.3 is 95.3 Å². The number of hydrogen-bond donors (Lipinski definition) is 13. The molecule has 1 atom stereocenters. The molecule has 1 unspecified atom stereocenters. The molecule has 5 fully saturated rings. The third-order valence-corrected chi connectivity index (χ3v) is 26.5. The summed E-state index contributed by atoms with van der Waals surface area (Å²) in [7, 11) is -0.788. The Labute approximate surface area is 852 Å². The Morgan fingerprint density at radius 3 is 0.973 bits per heavy atom. The molecule has 45 nitrogen and oxygen atoms in total. The largest absolute Gasteiger partial charge is 0.405 e. The number of alkyl halides is 6. The third kappa shape index (κ3) is 24.5. The number of aliphatic hydroxyl groups is 2. The van der Waals surface area contributed by atoms with Gasteiger partial charge in [0.05, 0.1) is 162 Å². The van der Waals surface area contributed by atoms with E-state index in [4.69, 9.17) is 86.7 Å². The molecular weight excluding hydrogens is 2040 g/mol. The van der Waals surface area contributed by atoms with Crippen molar-refractivity contribution in [3.8, 4) is 0 Å². The van der Waals surface area contributed by atoms with Crippen LogP contribution < -0.4 is 85.1 Å². The number of nitrogen functional groups attached to an aromatic ring is 5. The van der Waals surface area contributed by atoms with Gasteiger partial charge in [-0.2, -0.15) is 26.3 Å². The number of carbonyl (C=O) groups is 5. The van der Waals surface area contributed by atoms with Gasteiger partial charge in [-0.25, -0.2) is 47.5 Å². The molecule has 5 amide bonds. The van der Waals surface area contributed by atoms with Gasteiger partial charge in [0, 0.05) is 169 Å². The number of pyridine rings is 5. The molecule has 5 saturated heterocycles. The van der Waals surface area contributed by atoms with E-state index in [2.05, 4.69) is 122 Å². The van der Waals surface area contributed by atoms with Crippen molar-refractivity contribution in [1.82, 2.24) is 108 Å². The van der Waals surface area contributed by atoms with Crippen LogP contribution in [0.1, 0.15) is 98.2 Å². The summed E-state index contributed by atoms with van der Waals surface area (Å²) in [6.07, 6.45) is 24.6.